The quantitative estimate of drug-likeness (QED) is 0.159. The Balaban J connectivity index is 1.60. The summed E-state index contributed by atoms with van der Waals surface area (Å²) in [5.74, 6) is 0.936. The molecule has 0 N–H and O–H groups in total. The van der Waals surface area contributed by atoms with E-state index in [0.717, 1.165) is 11.1 Å². The summed E-state index contributed by atoms with van der Waals surface area (Å²) in [7, 11) is 3.06. The Bertz CT molecular complexity index is 2060. The Morgan fingerprint density at radius 2 is 1.70 bits per heavy atom. The van der Waals surface area contributed by atoms with Crippen molar-refractivity contribution in [2.45, 2.75) is 26.5 Å². The van der Waals surface area contributed by atoms with Gasteiger partial charge in [-0.3, -0.25) is 9.36 Å². The lowest BCUT2D eigenvalue weighted by Gasteiger charge is -2.26. The van der Waals surface area contributed by atoms with Gasteiger partial charge < -0.3 is 18.9 Å². The Labute approximate surface area is 303 Å². The lowest BCUT2D eigenvalue weighted by Crippen LogP contribution is -2.40. The maximum atomic E-state index is 14.1. The first-order valence-corrected chi connectivity index (χ1v) is 17.6. The molecular formula is C32H25Br3Cl2N2O6S. The van der Waals surface area contributed by atoms with Crippen molar-refractivity contribution in [2.75, 3.05) is 20.8 Å². The van der Waals surface area contributed by atoms with Crippen LogP contribution in [0.1, 0.15) is 36.6 Å². The second kappa shape index (κ2) is 14.7. The Morgan fingerprint density at radius 3 is 2.33 bits per heavy atom. The monoisotopic (exact) mass is 872 g/mol. The summed E-state index contributed by atoms with van der Waals surface area (Å²) in [5, 5.41) is 1.05. The van der Waals surface area contributed by atoms with Crippen LogP contribution in [0.25, 0.3) is 6.08 Å². The van der Waals surface area contributed by atoms with Crippen LogP contribution in [-0.2, 0) is 16.1 Å². The van der Waals surface area contributed by atoms with Crippen molar-refractivity contribution in [3.8, 4) is 17.2 Å². The second-order valence-corrected chi connectivity index (χ2v) is 14.3. The third-order valence-electron chi connectivity index (χ3n) is 7.02. The molecule has 0 spiro atoms. The fourth-order valence-corrected chi connectivity index (χ4v) is 8.41. The molecule has 2 heterocycles. The summed E-state index contributed by atoms with van der Waals surface area (Å²) in [6.07, 6.45) is 1.77. The van der Waals surface area contributed by atoms with Crippen LogP contribution in [-0.4, -0.2) is 31.4 Å². The maximum absolute atomic E-state index is 14.1. The highest BCUT2D eigenvalue weighted by Crippen LogP contribution is 2.41. The van der Waals surface area contributed by atoms with Crippen LogP contribution in [0, 0.1) is 0 Å². The number of halogens is 5. The van der Waals surface area contributed by atoms with Crippen LogP contribution in [0.2, 0.25) is 10.0 Å². The molecule has 14 heteroatoms. The molecule has 1 aromatic heterocycles. The molecule has 8 nitrogen and oxygen atoms in total. The molecule has 240 valence electrons. The molecule has 0 saturated heterocycles. The first kappa shape index (κ1) is 34.7. The van der Waals surface area contributed by atoms with Crippen LogP contribution in [0.3, 0.4) is 0 Å². The third-order valence-corrected chi connectivity index (χ3v) is 10.5. The SMILES string of the molecule is CCOC(=O)C1=C(C)N=c2s/c(=C\c3cc(Br)c(OCc4ccc(Cl)cc4Cl)c(Br)c3)c(=O)n2[C@@H]1c1cc(OC)c(OC)cc1Br. The standard InChI is InChI=1S/C32H25Br3Cl2N2O6S/c1-5-44-31(41)27-15(2)38-32-39(28(27)19-12-24(42-3)25(43-4)13-20(19)33)30(40)26(46-32)10-16-8-21(34)29(22(35)9-16)45-14-17-6-7-18(36)11-23(17)37/h6-13,28H,5,14H2,1-4H3/b26-10-/t28-/m1/s1. The highest BCUT2D eigenvalue weighted by atomic mass is 79.9. The largest absolute Gasteiger partial charge is 0.493 e. The average molecular weight is 876 g/mol. The number of nitrogens with zero attached hydrogens (tertiary/aromatic N) is 2. The van der Waals surface area contributed by atoms with Gasteiger partial charge in [0.25, 0.3) is 5.56 Å². The maximum Gasteiger partial charge on any atom is 0.338 e. The number of hydrogen-bond acceptors (Lipinski definition) is 8. The number of hydrogen-bond donors (Lipinski definition) is 0. The summed E-state index contributed by atoms with van der Waals surface area (Å²) in [6.45, 7) is 3.84. The zero-order chi connectivity index (χ0) is 33.3. The fourth-order valence-electron chi connectivity index (χ4n) is 4.91. The number of thiazole rings is 1. The molecule has 0 bridgehead atoms. The van der Waals surface area contributed by atoms with Crippen LogP contribution in [0.4, 0.5) is 0 Å². The lowest BCUT2D eigenvalue weighted by molar-refractivity contribution is -0.139. The van der Waals surface area contributed by atoms with Gasteiger partial charge in [-0.05, 0) is 99.3 Å². The molecule has 3 aromatic carbocycles. The summed E-state index contributed by atoms with van der Waals surface area (Å²) >= 11 is 24.4. The summed E-state index contributed by atoms with van der Waals surface area (Å²) in [4.78, 5) is 32.6. The summed E-state index contributed by atoms with van der Waals surface area (Å²) in [6, 6.07) is 11.6. The number of fused-ring (bicyclic) bond motifs is 1. The van der Waals surface area contributed by atoms with Gasteiger partial charge in [0.15, 0.2) is 16.3 Å². The molecule has 1 aliphatic heterocycles. The predicted octanol–water partition coefficient (Wildman–Crippen LogP) is 7.99. The van der Waals surface area contributed by atoms with Crippen molar-refractivity contribution in [3.05, 3.63) is 114 Å². The van der Waals surface area contributed by atoms with Crippen molar-refractivity contribution in [2.24, 2.45) is 4.99 Å². The molecule has 1 atom stereocenters. The molecule has 4 aromatic rings. The highest BCUT2D eigenvalue weighted by Gasteiger charge is 2.35. The molecular weight excluding hydrogens is 851 g/mol. The van der Waals surface area contributed by atoms with Gasteiger partial charge in [-0.25, -0.2) is 9.79 Å². The van der Waals surface area contributed by atoms with Gasteiger partial charge in [-0.2, -0.15) is 0 Å². The molecule has 1 aliphatic rings. The van der Waals surface area contributed by atoms with Gasteiger partial charge in [0.1, 0.15) is 12.4 Å². The van der Waals surface area contributed by atoms with Crippen LogP contribution in [0.5, 0.6) is 17.2 Å². The zero-order valence-corrected chi connectivity index (χ0v) is 31.8. The average Bonchev–Trinajstić information content (AvgIpc) is 3.30. The number of carbonyl (C=O) groups is 1. The molecule has 0 unspecified atom stereocenters. The number of rotatable bonds is 9. The van der Waals surface area contributed by atoms with Crippen molar-refractivity contribution >= 4 is 94.4 Å². The molecule has 0 aliphatic carbocycles. The summed E-state index contributed by atoms with van der Waals surface area (Å²) in [5.41, 5.74) is 2.49. The van der Waals surface area contributed by atoms with E-state index in [1.165, 1.54) is 30.1 Å². The van der Waals surface area contributed by atoms with Gasteiger partial charge in [-0.15, -0.1) is 0 Å². The molecule has 0 saturated carbocycles. The smallest absolute Gasteiger partial charge is 0.338 e. The first-order valence-electron chi connectivity index (χ1n) is 13.6. The van der Waals surface area contributed by atoms with E-state index in [4.69, 9.17) is 42.1 Å². The second-order valence-electron chi connectivity index (χ2n) is 9.87. The fraction of sp³-hybridized carbons (Fsp3) is 0.219. The van der Waals surface area contributed by atoms with Crippen LogP contribution >= 0.6 is 82.3 Å². The van der Waals surface area contributed by atoms with Crippen molar-refractivity contribution in [1.82, 2.24) is 4.57 Å². The van der Waals surface area contributed by atoms with Crippen LogP contribution < -0.4 is 29.1 Å². The third kappa shape index (κ3) is 6.97. The molecule has 5 rings (SSSR count). The number of ether oxygens (including phenoxy) is 4. The number of methoxy groups -OCH3 is 2. The van der Waals surface area contributed by atoms with E-state index in [9.17, 15) is 9.59 Å². The number of aromatic nitrogens is 1. The summed E-state index contributed by atoms with van der Waals surface area (Å²) < 4.78 is 26.4. The van der Waals surface area contributed by atoms with Gasteiger partial charge in [0, 0.05) is 20.1 Å². The predicted molar refractivity (Wildman–Crippen MR) is 190 cm³/mol. The van der Waals surface area contributed by atoms with E-state index < -0.39 is 12.0 Å². The van der Waals surface area contributed by atoms with Gasteiger partial charge in [0.2, 0.25) is 0 Å². The molecule has 46 heavy (non-hydrogen) atoms. The number of allylic oxidation sites excluding steroid dienone is 1. The van der Waals surface area contributed by atoms with Crippen molar-refractivity contribution in [3.63, 3.8) is 0 Å². The minimum atomic E-state index is -0.847. The first-order chi connectivity index (χ1) is 22.0. The topological polar surface area (TPSA) is 88.4 Å². The zero-order valence-electron chi connectivity index (χ0n) is 24.8. The van der Waals surface area contributed by atoms with E-state index >= 15 is 0 Å². The lowest BCUT2D eigenvalue weighted by atomic mass is 9.95. The van der Waals surface area contributed by atoms with Crippen molar-refractivity contribution < 1.29 is 23.7 Å². The number of benzene rings is 3. The molecule has 0 amide bonds. The van der Waals surface area contributed by atoms with Crippen LogP contribution in [0.15, 0.2) is 76.9 Å². The Hall–Kier alpha value is -2.61. The van der Waals surface area contributed by atoms with Crippen molar-refractivity contribution in [1.29, 1.82) is 0 Å². The van der Waals surface area contributed by atoms with Gasteiger partial charge >= 0.3 is 5.97 Å². The van der Waals surface area contributed by atoms with E-state index in [0.29, 0.717) is 61.3 Å². The minimum Gasteiger partial charge on any atom is -0.493 e. The molecule has 0 fully saturated rings. The Morgan fingerprint density at radius 1 is 1.02 bits per heavy atom. The highest BCUT2D eigenvalue weighted by molar-refractivity contribution is 9.11. The van der Waals surface area contributed by atoms with E-state index in [-0.39, 0.29) is 24.3 Å². The van der Waals surface area contributed by atoms with E-state index in [1.54, 1.807) is 44.2 Å². The normalized spacial score (nSPS) is 14.5. The number of esters is 1. The van der Waals surface area contributed by atoms with E-state index in [1.807, 2.05) is 18.2 Å². The molecule has 0 radical (unpaired) electrons. The van der Waals surface area contributed by atoms with Gasteiger partial charge in [0.05, 0.1) is 51.6 Å². The Kier molecular flexibility index (Phi) is 11.1. The minimum absolute atomic E-state index is 0.163. The van der Waals surface area contributed by atoms with Gasteiger partial charge in [-0.1, -0.05) is 56.5 Å². The number of carbonyl (C=O) groups excluding carboxylic acids is 1. The van der Waals surface area contributed by atoms with E-state index in [2.05, 4.69) is 52.8 Å².